The third kappa shape index (κ3) is 6.71. The molecular formula is C12H17BrN2OS. The maximum atomic E-state index is 11.6. The average Bonchev–Trinajstić information content (AvgIpc) is 2.19. The Morgan fingerprint density at radius 1 is 1.41 bits per heavy atom. The SMILES string of the molecule is CC(C)(N)CSCC(=O)Nc1ccc(Br)cc1. The molecule has 0 fully saturated rings. The van der Waals surface area contributed by atoms with Crippen molar-refractivity contribution in [2.24, 2.45) is 5.73 Å². The van der Waals surface area contributed by atoms with E-state index in [1.165, 1.54) is 0 Å². The maximum Gasteiger partial charge on any atom is 0.234 e. The maximum absolute atomic E-state index is 11.6. The highest BCUT2D eigenvalue weighted by molar-refractivity contribution is 9.10. The van der Waals surface area contributed by atoms with Crippen molar-refractivity contribution in [1.82, 2.24) is 0 Å². The zero-order chi connectivity index (χ0) is 12.9. The number of nitrogens with one attached hydrogen (secondary N) is 1. The second-order valence-electron chi connectivity index (χ2n) is 4.54. The van der Waals surface area contributed by atoms with Crippen molar-refractivity contribution in [3.05, 3.63) is 28.7 Å². The summed E-state index contributed by atoms with van der Waals surface area (Å²) in [5.74, 6) is 1.19. The number of nitrogens with two attached hydrogens (primary N) is 1. The minimum absolute atomic E-state index is 0.00146. The summed E-state index contributed by atoms with van der Waals surface area (Å²) in [7, 11) is 0. The van der Waals surface area contributed by atoms with Crippen molar-refractivity contribution in [3.63, 3.8) is 0 Å². The van der Waals surface area contributed by atoms with Crippen molar-refractivity contribution in [2.75, 3.05) is 16.8 Å². The van der Waals surface area contributed by atoms with Crippen molar-refractivity contribution in [2.45, 2.75) is 19.4 Å². The zero-order valence-electron chi connectivity index (χ0n) is 10.00. The number of halogens is 1. The van der Waals surface area contributed by atoms with Gasteiger partial charge in [0.1, 0.15) is 0 Å². The topological polar surface area (TPSA) is 55.1 Å². The van der Waals surface area contributed by atoms with E-state index in [1.807, 2.05) is 38.1 Å². The molecule has 17 heavy (non-hydrogen) atoms. The Hall–Kier alpha value is -0.520. The van der Waals surface area contributed by atoms with Gasteiger partial charge >= 0.3 is 0 Å². The number of thioether (sulfide) groups is 1. The van der Waals surface area contributed by atoms with Gasteiger partial charge in [0.25, 0.3) is 0 Å². The van der Waals surface area contributed by atoms with Gasteiger partial charge in [-0.15, -0.1) is 0 Å². The van der Waals surface area contributed by atoms with E-state index in [1.54, 1.807) is 11.8 Å². The molecule has 3 N–H and O–H groups in total. The van der Waals surface area contributed by atoms with Crippen LogP contribution in [0.3, 0.4) is 0 Å². The van der Waals surface area contributed by atoms with Crippen LogP contribution in [-0.2, 0) is 4.79 Å². The van der Waals surface area contributed by atoms with Gasteiger partial charge in [-0.05, 0) is 38.1 Å². The molecule has 0 unspecified atom stereocenters. The smallest absolute Gasteiger partial charge is 0.234 e. The fourth-order valence-corrected chi connectivity index (χ4v) is 2.29. The molecule has 0 radical (unpaired) electrons. The highest BCUT2D eigenvalue weighted by atomic mass is 79.9. The molecule has 0 bridgehead atoms. The second-order valence-corrected chi connectivity index (χ2v) is 6.44. The van der Waals surface area contributed by atoms with Crippen LogP contribution in [-0.4, -0.2) is 23.0 Å². The van der Waals surface area contributed by atoms with Crippen LogP contribution in [0.25, 0.3) is 0 Å². The molecule has 1 aromatic carbocycles. The first kappa shape index (κ1) is 14.5. The van der Waals surface area contributed by atoms with Crippen LogP contribution in [0.15, 0.2) is 28.7 Å². The Bertz CT molecular complexity index is 373. The summed E-state index contributed by atoms with van der Waals surface area (Å²) in [6.45, 7) is 3.90. The fraction of sp³-hybridized carbons (Fsp3) is 0.417. The number of benzene rings is 1. The van der Waals surface area contributed by atoms with Crippen LogP contribution in [0.2, 0.25) is 0 Å². The first-order valence-corrected chi connectivity index (χ1v) is 7.24. The molecule has 1 aromatic rings. The first-order valence-electron chi connectivity index (χ1n) is 5.29. The third-order valence-electron chi connectivity index (χ3n) is 1.84. The molecule has 3 nitrogen and oxygen atoms in total. The number of hydrogen-bond acceptors (Lipinski definition) is 3. The Kier molecular flexibility index (Phi) is 5.49. The van der Waals surface area contributed by atoms with Crippen LogP contribution < -0.4 is 11.1 Å². The zero-order valence-corrected chi connectivity index (χ0v) is 12.4. The van der Waals surface area contributed by atoms with Crippen molar-refractivity contribution in [1.29, 1.82) is 0 Å². The van der Waals surface area contributed by atoms with Crippen molar-refractivity contribution >= 4 is 39.3 Å². The summed E-state index contributed by atoms with van der Waals surface area (Å²) >= 11 is 4.89. The summed E-state index contributed by atoms with van der Waals surface area (Å²) in [5.41, 5.74) is 6.41. The minimum atomic E-state index is -0.234. The number of hydrogen-bond donors (Lipinski definition) is 2. The summed E-state index contributed by atoms with van der Waals surface area (Å²) < 4.78 is 0.995. The fourth-order valence-electron chi connectivity index (χ4n) is 1.14. The molecule has 0 aromatic heterocycles. The lowest BCUT2D eigenvalue weighted by Gasteiger charge is -2.17. The number of anilines is 1. The van der Waals surface area contributed by atoms with Gasteiger partial charge in [0, 0.05) is 21.5 Å². The summed E-state index contributed by atoms with van der Waals surface area (Å²) in [6.07, 6.45) is 0. The molecule has 0 saturated heterocycles. The predicted octanol–water partition coefficient (Wildman–Crippen LogP) is 2.86. The normalized spacial score (nSPS) is 11.3. The van der Waals surface area contributed by atoms with E-state index in [0.29, 0.717) is 5.75 Å². The van der Waals surface area contributed by atoms with E-state index >= 15 is 0 Å². The van der Waals surface area contributed by atoms with E-state index < -0.39 is 0 Å². The number of carbonyl (C=O) groups is 1. The average molecular weight is 317 g/mol. The van der Waals surface area contributed by atoms with Gasteiger partial charge in [-0.1, -0.05) is 15.9 Å². The summed E-state index contributed by atoms with van der Waals surface area (Å²) in [6, 6.07) is 7.51. The molecule has 94 valence electrons. The molecule has 0 heterocycles. The van der Waals surface area contributed by atoms with Crippen LogP contribution in [0.5, 0.6) is 0 Å². The Morgan fingerprint density at radius 3 is 2.53 bits per heavy atom. The Labute approximate surface area is 115 Å². The van der Waals surface area contributed by atoms with E-state index in [2.05, 4.69) is 21.2 Å². The van der Waals surface area contributed by atoms with Gasteiger partial charge < -0.3 is 11.1 Å². The molecule has 5 heteroatoms. The van der Waals surface area contributed by atoms with Crippen LogP contribution >= 0.6 is 27.7 Å². The predicted molar refractivity (Wildman–Crippen MR) is 78.4 cm³/mol. The monoisotopic (exact) mass is 316 g/mol. The van der Waals surface area contributed by atoms with Gasteiger partial charge in [-0.25, -0.2) is 0 Å². The molecule has 0 atom stereocenters. The standard InChI is InChI=1S/C12H17BrN2OS/c1-12(2,14)8-17-7-11(16)15-10-5-3-9(13)4-6-10/h3-6H,7-8,14H2,1-2H3,(H,15,16). The third-order valence-corrected chi connectivity index (χ3v) is 3.78. The van der Waals surface area contributed by atoms with Crippen molar-refractivity contribution < 1.29 is 4.79 Å². The molecule has 0 aliphatic heterocycles. The van der Waals surface area contributed by atoms with E-state index in [4.69, 9.17) is 5.73 Å². The van der Waals surface area contributed by atoms with Gasteiger partial charge in [0.15, 0.2) is 0 Å². The summed E-state index contributed by atoms with van der Waals surface area (Å²) in [5, 5.41) is 2.83. The Balaban J connectivity index is 2.32. The van der Waals surface area contributed by atoms with E-state index in [-0.39, 0.29) is 11.4 Å². The highest BCUT2D eigenvalue weighted by Crippen LogP contribution is 2.15. The molecule has 0 saturated carbocycles. The highest BCUT2D eigenvalue weighted by Gasteiger charge is 2.11. The number of carbonyl (C=O) groups excluding carboxylic acids is 1. The van der Waals surface area contributed by atoms with Gasteiger partial charge in [-0.3, -0.25) is 4.79 Å². The number of rotatable bonds is 5. The molecule has 0 spiro atoms. The van der Waals surface area contributed by atoms with Gasteiger partial charge in [-0.2, -0.15) is 11.8 Å². The summed E-state index contributed by atoms with van der Waals surface area (Å²) in [4.78, 5) is 11.6. The largest absolute Gasteiger partial charge is 0.325 e. The van der Waals surface area contributed by atoms with Gasteiger partial charge in [0.2, 0.25) is 5.91 Å². The quantitative estimate of drug-likeness (QED) is 0.878. The van der Waals surface area contributed by atoms with Gasteiger partial charge in [0.05, 0.1) is 5.75 Å². The number of amides is 1. The van der Waals surface area contributed by atoms with Crippen LogP contribution in [0, 0.1) is 0 Å². The molecule has 0 aliphatic carbocycles. The lowest BCUT2D eigenvalue weighted by molar-refractivity contribution is -0.113. The van der Waals surface area contributed by atoms with Crippen LogP contribution in [0.4, 0.5) is 5.69 Å². The minimum Gasteiger partial charge on any atom is -0.325 e. The molecule has 1 rings (SSSR count). The second kappa shape index (κ2) is 6.42. The Morgan fingerprint density at radius 2 is 2.00 bits per heavy atom. The first-order chi connectivity index (χ1) is 7.87. The van der Waals surface area contributed by atoms with Crippen LogP contribution in [0.1, 0.15) is 13.8 Å². The van der Waals surface area contributed by atoms with E-state index in [0.717, 1.165) is 15.9 Å². The van der Waals surface area contributed by atoms with Crippen molar-refractivity contribution in [3.8, 4) is 0 Å². The lowest BCUT2D eigenvalue weighted by atomic mass is 10.1. The molecule has 0 aliphatic rings. The molecule has 1 amide bonds. The molecular weight excluding hydrogens is 300 g/mol. The van der Waals surface area contributed by atoms with E-state index in [9.17, 15) is 4.79 Å². The lowest BCUT2D eigenvalue weighted by Crippen LogP contribution is -2.35.